The fourth-order valence-electron chi connectivity index (χ4n) is 3.87. The summed E-state index contributed by atoms with van der Waals surface area (Å²) in [6, 6.07) is 14.4. The van der Waals surface area contributed by atoms with Crippen molar-refractivity contribution in [3.05, 3.63) is 65.2 Å². The molecule has 29 heavy (non-hydrogen) atoms. The number of benzene rings is 2. The Balaban J connectivity index is 0.00000240. The number of hydrogen-bond donors (Lipinski definition) is 2. The van der Waals surface area contributed by atoms with Gasteiger partial charge < -0.3 is 10.6 Å². The van der Waals surface area contributed by atoms with Crippen molar-refractivity contribution in [2.24, 2.45) is 0 Å². The van der Waals surface area contributed by atoms with Gasteiger partial charge in [0.05, 0.1) is 4.90 Å². The smallest absolute Gasteiger partial charge is 0.251 e. The Morgan fingerprint density at radius 3 is 2.66 bits per heavy atom. The van der Waals surface area contributed by atoms with Crippen molar-refractivity contribution in [1.82, 2.24) is 14.9 Å². The molecular weight excluding hydrogens is 410 g/mol. The normalized spacial score (nSPS) is 19.7. The molecule has 0 radical (unpaired) electrons. The SMILES string of the molecule is Cl.O=C(N[C@H]1CCCNC1)c1cccc(S(=O)(=O)N2CCc3ccccc3C2)c1. The highest BCUT2D eigenvalue weighted by molar-refractivity contribution is 7.89. The van der Waals surface area contributed by atoms with Gasteiger partial charge in [-0.1, -0.05) is 30.3 Å². The van der Waals surface area contributed by atoms with Gasteiger partial charge in [-0.3, -0.25) is 4.79 Å². The summed E-state index contributed by atoms with van der Waals surface area (Å²) in [5.41, 5.74) is 2.61. The van der Waals surface area contributed by atoms with Gasteiger partial charge in [0.2, 0.25) is 10.0 Å². The lowest BCUT2D eigenvalue weighted by Gasteiger charge is -2.28. The third-order valence-corrected chi connectivity index (χ3v) is 7.30. The highest BCUT2D eigenvalue weighted by Gasteiger charge is 2.29. The van der Waals surface area contributed by atoms with Gasteiger partial charge in [-0.25, -0.2) is 8.42 Å². The second-order valence-corrected chi connectivity index (χ2v) is 9.34. The van der Waals surface area contributed by atoms with E-state index < -0.39 is 10.0 Å². The first-order valence-electron chi connectivity index (χ1n) is 9.72. The Hall–Kier alpha value is -1.93. The van der Waals surface area contributed by atoms with Gasteiger partial charge in [0, 0.05) is 31.2 Å². The predicted octanol–water partition coefficient (Wildman–Crippen LogP) is 2.34. The molecule has 4 rings (SSSR count). The molecule has 0 aromatic heterocycles. The van der Waals surface area contributed by atoms with Crippen LogP contribution in [0, 0.1) is 0 Å². The largest absolute Gasteiger partial charge is 0.348 e. The molecule has 2 heterocycles. The van der Waals surface area contributed by atoms with E-state index in [1.54, 1.807) is 18.2 Å². The summed E-state index contributed by atoms with van der Waals surface area (Å²) >= 11 is 0. The summed E-state index contributed by atoms with van der Waals surface area (Å²) in [6.07, 6.45) is 2.66. The second kappa shape index (κ2) is 9.26. The van der Waals surface area contributed by atoms with Gasteiger partial charge in [-0.15, -0.1) is 12.4 Å². The molecule has 2 aromatic carbocycles. The van der Waals surface area contributed by atoms with Gasteiger partial charge in [-0.05, 0) is 55.1 Å². The van der Waals surface area contributed by atoms with Gasteiger partial charge in [0.15, 0.2) is 0 Å². The number of amides is 1. The molecule has 1 atom stereocenters. The first kappa shape index (κ1) is 21.8. The zero-order valence-electron chi connectivity index (χ0n) is 16.1. The molecule has 1 fully saturated rings. The van der Waals surface area contributed by atoms with Crippen LogP contribution < -0.4 is 10.6 Å². The number of sulfonamides is 1. The second-order valence-electron chi connectivity index (χ2n) is 7.40. The van der Waals surface area contributed by atoms with E-state index in [4.69, 9.17) is 0 Å². The van der Waals surface area contributed by atoms with Crippen LogP contribution in [-0.2, 0) is 23.0 Å². The van der Waals surface area contributed by atoms with E-state index in [1.807, 2.05) is 24.3 Å². The topological polar surface area (TPSA) is 78.5 Å². The lowest BCUT2D eigenvalue weighted by Crippen LogP contribution is -2.45. The summed E-state index contributed by atoms with van der Waals surface area (Å²) < 4.78 is 27.8. The quantitative estimate of drug-likeness (QED) is 0.772. The molecular formula is C21H26ClN3O3S. The van der Waals surface area contributed by atoms with Gasteiger partial charge in [0.25, 0.3) is 5.91 Å². The van der Waals surface area contributed by atoms with Gasteiger partial charge in [0.1, 0.15) is 0 Å². The molecule has 0 spiro atoms. The van der Waals surface area contributed by atoms with Crippen molar-refractivity contribution in [2.45, 2.75) is 36.7 Å². The molecule has 1 amide bonds. The first-order valence-corrected chi connectivity index (χ1v) is 11.2. The average molecular weight is 436 g/mol. The molecule has 0 saturated carbocycles. The standard InChI is InChI=1S/C21H25N3O3S.ClH/c25-21(23-19-8-4-11-22-14-19)17-7-3-9-20(13-17)28(26,27)24-12-10-16-5-1-2-6-18(16)15-24;/h1-3,5-7,9,13,19,22H,4,8,10-12,14-15H2,(H,23,25);1H/t19-;/m0./s1. The van der Waals surface area contributed by atoms with Gasteiger partial charge in [-0.2, -0.15) is 4.31 Å². The zero-order chi connectivity index (χ0) is 19.6. The van der Waals surface area contributed by atoms with Crippen LogP contribution in [0.4, 0.5) is 0 Å². The lowest BCUT2D eigenvalue weighted by atomic mass is 10.0. The molecule has 6 nitrogen and oxygen atoms in total. The molecule has 2 aliphatic rings. The molecule has 1 saturated heterocycles. The van der Waals surface area contributed by atoms with E-state index in [0.717, 1.165) is 31.5 Å². The first-order chi connectivity index (χ1) is 13.5. The molecule has 2 aromatic rings. The van der Waals surface area contributed by atoms with Crippen LogP contribution in [0.1, 0.15) is 34.3 Å². The van der Waals surface area contributed by atoms with Crippen LogP contribution in [-0.4, -0.2) is 44.3 Å². The fourth-order valence-corrected chi connectivity index (χ4v) is 5.33. The van der Waals surface area contributed by atoms with Crippen molar-refractivity contribution in [2.75, 3.05) is 19.6 Å². The minimum Gasteiger partial charge on any atom is -0.348 e. The molecule has 0 bridgehead atoms. The Labute approximate surface area is 178 Å². The summed E-state index contributed by atoms with van der Waals surface area (Å²) in [7, 11) is -3.65. The highest BCUT2D eigenvalue weighted by atomic mass is 35.5. The Kier molecular flexibility index (Phi) is 6.95. The van der Waals surface area contributed by atoms with Crippen molar-refractivity contribution >= 4 is 28.3 Å². The summed E-state index contributed by atoms with van der Waals surface area (Å²) in [4.78, 5) is 12.8. The number of carbonyl (C=O) groups is 1. The fraction of sp³-hybridized carbons (Fsp3) is 0.381. The molecule has 0 unspecified atom stereocenters. The van der Waals surface area contributed by atoms with Crippen molar-refractivity contribution in [3.63, 3.8) is 0 Å². The minimum atomic E-state index is -3.65. The minimum absolute atomic E-state index is 0. The van der Waals surface area contributed by atoms with Gasteiger partial charge >= 0.3 is 0 Å². The van der Waals surface area contributed by atoms with Crippen LogP contribution in [0.5, 0.6) is 0 Å². The number of fused-ring (bicyclic) bond motifs is 1. The van der Waals surface area contributed by atoms with Crippen molar-refractivity contribution in [1.29, 1.82) is 0 Å². The van der Waals surface area contributed by atoms with E-state index in [9.17, 15) is 13.2 Å². The van der Waals surface area contributed by atoms with Crippen molar-refractivity contribution < 1.29 is 13.2 Å². The number of hydrogen-bond acceptors (Lipinski definition) is 4. The monoisotopic (exact) mass is 435 g/mol. The third kappa shape index (κ3) is 4.80. The Morgan fingerprint density at radius 2 is 1.90 bits per heavy atom. The van der Waals surface area contributed by atoms with Crippen molar-refractivity contribution in [3.8, 4) is 0 Å². The number of nitrogens with zero attached hydrogens (tertiary/aromatic N) is 1. The van der Waals surface area contributed by atoms with E-state index in [1.165, 1.54) is 15.9 Å². The molecule has 8 heteroatoms. The lowest BCUT2D eigenvalue weighted by molar-refractivity contribution is 0.0930. The van der Waals surface area contributed by atoms with E-state index in [0.29, 0.717) is 25.1 Å². The maximum Gasteiger partial charge on any atom is 0.251 e. The van der Waals surface area contributed by atoms with Crippen LogP contribution in [0.15, 0.2) is 53.4 Å². The molecule has 2 N–H and O–H groups in total. The summed E-state index contributed by atoms with van der Waals surface area (Å²) in [6.45, 7) is 2.53. The van der Waals surface area contributed by atoms with E-state index in [-0.39, 0.29) is 29.3 Å². The predicted molar refractivity (Wildman–Crippen MR) is 115 cm³/mol. The average Bonchev–Trinajstić information content (AvgIpc) is 2.74. The summed E-state index contributed by atoms with van der Waals surface area (Å²) in [5.74, 6) is -0.227. The molecule has 156 valence electrons. The molecule has 2 aliphatic heterocycles. The number of halogens is 1. The maximum absolute atomic E-state index is 13.1. The third-order valence-electron chi connectivity index (χ3n) is 5.46. The number of rotatable bonds is 4. The number of piperidine rings is 1. The number of carbonyl (C=O) groups excluding carboxylic acids is 1. The van der Waals surface area contributed by atoms with Crippen LogP contribution in [0.2, 0.25) is 0 Å². The highest BCUT2D eigenvalue weighted by Crippen LogP contribution is 2.25. The van der Waals surface area contributed by atoms with Crippen LogP contribution in [0.25, 0.3) is 0 Å². The van der Waals surface area contributed by atoms with Crippen LogP contribution in [0.3, 0.4) is 0 Å². The van der Waals surface area contributed by atoms with Crippen LogP contribution >= 0.6 is 12.4 Å². The van der Waals surface area contributed by atoms with E-state index in [2.05, 4.69) is 10.6 Å². The Bertz CT molecular complexity index is 975. The summed E-state index contributed by atoms with van der Waals surface area (Å²) in [5, 5.41) is 6.26. The number of nitrogens with one attached hydrogen (secondary N) is 2. The Morgan fingerprint density at radius 1 is 1.10 bits per heavy atom. The maximum atomic E-state index is 13.1. The molecule has 0 aliphatic carbocycles. The van der Waals surface area contributed by atoms with E-state index >= 15 is 0 Å². The zero-order valence-corrected chi connectivity index (χ0v) is 17.8.